The summed E-state index contributed by atoms with van der Waals surface area (Å²) in [5, 5.41) is 3.21. The van der Waals surface area contributed by atoms with Gasteiger partial charge in [-0.15, -0.1) is 12.4 Å². The van der Waals surface area contributed by atoms with Gasteiger partial charge < -0.3 is 15.0 Å². The summed E-state index contributed by atoms with van der Waals surface area (Å²) in [5.41, 5.74) is 1.16. The molecule has 2 amide bonds. The lowest BCUT2D eigenvalue weighted by molar-refractivity contribution is 0.0600. The van der Waals surface area contributed by atoms with E-state index in [1.807, 2.05) is 30.3 Å². The zero-order valence-electron chi connectivity index (χ0n) is 15.6. The van der Waals surface area contributed by atoms with E-state index in [4.69, 9.17) is 0 Å². The fourth-order valence-corrected chi connectivity index (χ4v) is 2.99. The normalized spacial score (nSPS) is 13.4. The minimum absolute atomic E-state index is 0. The van der Waals surface area contributed by atoms with Gasteiger partial charge in [-0.05, 0) is 24.3 Å². The van der Waals surface area contributed by atoms with Gasteiger partial charge in [0.2, 0.25) is 0 Å². The van der Waals surface area contributed by atoms with Crippen LogP contribution in [0.4, 0.5) is 14.9 Å². The Morgan fingerprint density at radius 2 is 1.82 bits per heavy atom. The predicted molar refractivity (Wildman–Crippen MR) is 107 cm³/mol. The minimum atomic E-state index is -0.600. The van der Waals surface area contributed by atoms with Crippen LogP contribution >= 0.6 is 12.4 Å². The number of methoxy groups -OCH3 is 1. The number of piperazine rings is 1. The number of hydrogen-bond donors (Lipinski definition) is 1. The number of para-hydroxylation sites is 1. The van der Waals surface area contributed by atoms with Crippen LogP contribution in [0.25, 0.3) is 0 Å². The molecular formula is C20H23ClFN3O3. The van der Waals surface area contributed by atoms with Crippen molar-refractivity contribution in [2.45, 2.75) is 6.54 Å². The second-order valence-corrected chi connectivity index (χ2v) is 6.24. The van der Waals surface area contributed by atoms with Gasteiger partial charge in [-0.3, -0.25) is 4.90 Å². The van der Waals surface area contributed by atoms with E-state index in [9.17, 15) is 14.0 Å². The number of rotatable bonds is 4. The van der Waals surface area contributed by atoms with Crippen molar-refractivity contribution in [2.24, 2.45) is 0 Å². The number of anilines is 1. The molecule has 3 rings (SSSR count). The van der Waals surface area contributed by atoms with Crippen molar-refractivity contribution in [2.75, 3.05) is 38.2 Å². The first kappa shape index (κ1) is 21.7. The molecule has 1 heterocycles. The Hall–Kier alpha value is -2.64. The number of urea groups is 1. The van der Waals surface area contributed by atoms with Gasteiger partial charge in [-0.25, -0.2) is 14.0 Å². The van der Waals surface area contributed by atoms with Crippen LogP contribution in [0.5, 0.6) is 0 Å². The molecule has 0 aromatic heterocycles. The highest BCUT2D eigenvalue weighted by atomic mass is 35.5. The summed E-state index contributed by atoms with van der Waals surface area (Å²) >= 11 is 0. The predicted octanol–water partition coefficient (Wildman–Crippen LogP) is 3.07. The van der Waals surface area contributed by atoms with Gasteiger partial charge >= 0.3 is 12.0 Å². The van der Waals surface area contributed by atoms with Crippen molar-refractivity contribution < 1.29 is 18.7 Å². The Kier molecular flexibility index (Phi) is 7.78. The Morgan fingerprint density at radius 1 is 1.14 bits per heavy atom. The van der Waals surface area contributed by atoms with Crippen LogP contribution < -0.4 is 10.2 Å². The number of amides is 2. The number of nitrogens with zero attached hydrogens (tertiary/aromatic N) is 2. The van der Waals surface area contributed by atoms with Crippen LogP contribution in [0.1, 0.15) is 15.9 Å². The maximum absolute atomic E-state index is 14.6. The molecule has 0 bridgehead atoms. The molecule has 0 atom stereocenters. The highest BCUT2D eigenvalue weighted by molar-refractivity contribution is 5.92. The largest absolute Gasteiger partial charge is 0.465 e. The number of nitrogens with one attached hydrogen (secondary N) is 1. The van der Waals surface area contributed by atoms with Gasteiger partial charge in [0.05, 0.1) is 19.2 Å². The Balaban J connectivity index is 0.00000280. The molecule has 1 fully saturated rings. The van der Waals surface area contributed by atoms with Gasteiger partial charge in [0.25, 0.3) is 0 Å². The summed E-state index contributed by atoms with van der Waals surface area (Å²) in [6, 6.07) is 13.2. The fourth-order valence-electron chi connectivity index (χ4n) is 2.99. The number of hydrogen-bond acceptors (Lipinski definition) is 4. The Morgan fingerprint density at radius 3 is 2.43 bits per heavy atom. The number of esters is 1. The third-order valence-corrected chi connectivity index (χ3v) is 4.49. The number of carbonyl (C=O) groups is 2. The lowest BCUT2D eigenvalue weighted by Crippen LogP contribution is -2.51. The lowest BCUT2D eigenvalue weighted by Gasteiger charge is -2.33. The Bertz CT molecular complexity index is 814. The quantitative estimate of drug-likeness (QED) is 0.791. The number of carbonyl (C=O) groups excluding carboxylic acids is 2. The molecule has 0 saturated carbocycles. The number of benzene rings is 2. The maximum Gasteiger partial charge on any atom is 0.337 e. The van der Waals surface area contributed by atoms with E-state index in [0.717, 1.165) is 19.2 Å². The molecule has 1 N–H and O–H groups in total. The summed E-state index contributed by atoms with van der Waals surface area (Å²) in [6.45, 7) is 2.74. The monoisotopic (exact) mass is 407 g/mol. The highest BCUT2D eigenvalue weighted by Crippen LogP contribution is 2.21. The van der Waals surface area contributed by atoms with E-state index in [1.165, 1.54) is 19.2 Å². The zero-order chi connectivity index (χ0) is 19.2. The van der Waals surface area contributed by atoms with Gasteiger partial charge in [0.15, 0.2) is 0 Å². The van der Waals surface area contributed by atoms with E-state index >= 15 is 0 Å². The van der Waals surface area contributed by atoms with Crippen molar-refractivity contribution in [1.82, 2.24) is 10.2 Å². The average molecular weight is 408 g/mol. The second kappa shape index (κ2) is 10.1. The van der Waals surface area contributed by atoms with Crippen molar-refractivity contribution in [3.8, 4) is 0 Å². The SMILES string of the molecule is COC(=O)c1ccc(CN(C(=O)N2CCNCC2)c2ccccc2)c(F)c1.Cl. The molecule has 2 aromatic carbocycles. The molecule has 150 valence electrons. The fraction of sp³-hybridized carbons (Fsp3) is 0.300. The summed E-state index contributed by atoms with van der Waals surface area (Å²) < 4.78 is 19.2. The molecule has 1 aliphatic rings. The standard InChI is InChI=1S/C20H22FN3O3.ClH/c1-27-19(25)15-7-8-16(18(21)13-15)14-24(17-5-3-2-4-6-17)20(26)23-11-9-22-10-12-23;/h2-8,13,22H,9-12,14H2,1H3;1H. The van der Waals surface area contributed by atoms with Crippen molar-refractivity contribution in [3.63, 3.8) is 0 Å². The molecule has 6 nitrogen and oxygen atoms in total. The molecule has 0 unspecified atom stereocenters. The van der Waals surface area contributed by atoms with Crippen molar-refractivity contribution in [3.05, 3.63) is 65.5 Å². The number of halogens is 2. The molecule has 28 heavy (non-hydrogen) atoms. The third-order valence-electron chi connectivity index (χ3n) is 4.49. The van der Waals surface area contributed by atoms with E-state index in [2.05, 4.69) is 10.1 Å². The molecule has 2 aromatic rings. The van der Waals surface area contributed by atoms with Crippen LogP contribution in [0, 0.1) is 5.82 Å². The first-order valence-corrected chi connectivity index (χ1v) is 8.79. The van der Waals surface area contributed by atoms with Crippen molar-refractivity contribution >= 4 is 30.1 Å². The minimum Gasteiger partial charge on any atom is -0.465 e. The molecule has 1 aliphatic heterocycles. The lowest BCUT2D eigenvalue weighted by atomic mass is 10.1. The molecular weight excluding hydrogens is 385 g/mol. The van der Waals surface area contributed by atoms with Crippen LogP contribution in [-0.2, 0) is 11.3 Å². The molecule has 0 aliphatic carbocycles. The maximum atomic E-state index is 14.6. The van der Waals surface area contributed by atoms with Gasteiger partial charge in [-0.1, -0.05) is 24.3 Å². The summed E-state index contributed by atoms with van der Waals surface area (Å²) in [7, 11) is 1.25. The van der Waals surface area contributed by atoms with Gasteiger partial charge in [0, 0.05) is 37.4 Å². The van der Waals surface area contributed by atoms with E-state index in [0.29, 0.717) is 24.3 Å². The van der Waals surface area contributed by atoms with E-state index < -0.39 is 11.8 Å². The first-order chi connectivity index (χ1) is 13.1. The third kappa shape index (κ3) is 4.99. The van der Waals surface area contributed by atoms with E-state index in [1.54, 1.807) is 9.80 Å². The van der Waals surface area contributed by atoms with Crippen LogP contribution in [0.3, 0.4) is 0 Å². The molecule has 0 radical (unpaired) electrons. The highest BCUT2D eigenvalue weighted by Gasteiger charge is 2.25. The zero-order valence-corrected chi connectivity index (χ0v) is 16.4. The van der Waals surface area contributed by atoms with Crippen LogP contribution in [0.2, 0.25) is 0 Å². The summed E-state index contributed by atoms with van der Waals surface area (Å²) in [4.78, 5) is 27.9. The Labute approximate surface area is 169 Å². The van der Waals surface area contributed by atoms with Crippen LogP contribution in [0.15, 0.2) is 48.5 Å². The topological polar surface area (TPSA) is 61.9 Å². The second-order valence-electron chi connectivity index (χ2n) is 6.24. The van der Waals surface area contributed by atoms with Gasteiger partial charge in [-0.2, -0.15) is 0 Å². The molecule has 1 saturated heterocycles. The van der Waals surface area contributed by atoms with E-state index in [-0.39, 0.29) is 30.5 Å². The summed E-state index contributed by atoms with van der Waals surface area (Å²) in [5.74, 6) is -1.15. The average Bonchev–Trinajstić information content (AvgIpc) is 2.73. The number of ether oxygens (including phenoxy) is 1. The molecule has 0 spiro atoms. The smallest absolute Gasteiger partial charge is 0.337 e. The summed E-state index contributed by atoms with van der Waals surface area (Å²) in [6.07, 6.45) is 0. The van der Waals surface area contributed by atoms with Crippen LogP contribution in [-0.4, -0.2) is 50.2 Å². The van der Waals surface area contributed by atoms with Crippen molar-refractivity contribution in [1.29, 1.82) is 0 Å². The molecule has 8 heteroatoms. The van der Waals surface area contributed by atoms with Gasteiger partial charge in [0.1, 0.15) is 5.82 Å². The first-order valence-electron chi connectivity index (χ1n) is 8.79.